The van der Waals surface area contributed by atoms with Gasteiger partial charge in [-0.25, -0.2) is 4.79 Å². The Labute approximate surface area is 222 Å². The van der Waals surface area contributed by atoms with Crippen molar-refractivity contribution >= 4 is 30.4 Å². The van der Waals surface area contributed by atoms with Crippen molar-refractivity contribution in [2.75, 3.05) is 24.8 Å². The van der Waals surface area contributed by atoms with E-state index < -0.39 is 13.3 Å². The molecule has 1 heterocycles. The Morgan fingerprint density at radius 1 is 1.11 bits per heavy atom. The number of carboxylic acids is 1. The van der Waals surface area contributed by atoms with Gasteiger partial charge in [0.05, 0.1) is 16.7 Å². The van der Waals surface area contributed by atoms with Crippen LogP contribution in [0.1, 0.15) is 106 Å². The summed E-state index contributed by atoms with van der Waals surface area (Å²) in [5.74, 6) is 7.05. The van der Waals surface area contributed by atoms with E-state index in [-0.39, 0.29) is 17.6 Å². The largest absolute Gasteiger partial charge is 0.477 e. The molecule has 2 atom stereocenters. The molecule has 2 aliphatic rings. The summed E-state index contributed by atoms with van der Waals surface area (Å²) in [7, 11) is -2.52. The van der Waals surface area contributed by atoms with Crippen LogP contribution in [0.5, 0.6) is 0 Å². The van der Waals surface area contributed by atoms with Crippen molar-refractivity contribution in [2.24, 2.45) is 17.3 Å². The Morgan fingerprint density at radius 2 is 1.75 bits per heavy atom. The van der Waals surface area contributed by atoms with Crippen LogP contribution >= 0.6 is 18.7 Å². The third kappa shape index (κ3) is 8.93. The summed E-state index contributed by atoms with van der Waals surface area (Å²) in [6.07, 6.45) is 11.1. The fourth-order valence-corrected chi connectivity index (χ4v) is 7.44. The molecule has 1 N–H and O–H groups in total. The Kier molecular flexibility index (Phi) is 10.2. The van der Waals surface area contributed by atoms with Crippen molar-refractivity contribution in [3.8, 4) is 11.8 Å². The maximum absolute atomic E-state index is 12.3. The van der Waals surface area contributed by atoms with Gasteiger partial charge in [-0.2, -0.15) is 0 Å². The molecule has 7 heteroatoms. The van der Waals surface area contributed by atoms with Gasteiger partial charge in [0.1, 0.15) is 4.88 Å². The number of rotatable bonds is 8. The Morgan fingerprint density at radius 3 is 2.33 bits per heavy atom. The molecule has 3 rings (SSSR count). The van der Waals surface area contributed by atoms with Gasteiger partial charge in [-0.3, -0.25) is 4.57 Å². The number of hydrogen-bond donors (Lipinski definition) is 1. The number of hydrogen-bond acceptors (Lipinski definition) is 5. The molecular weight excluding hydrogens is 489 g/mol. The highest BCUT2D eigenvalue weighted by atomic mass is 32.1. The summed E-state index contributed by atoms with van der Waals surface area (Å²) < 4.78 is 18.1. The lowest BCUT2D eigenvalue weighted by Crippen LogP contribution is -2.42. The van der Waals surface area contributed by atoms with Crippen LogP contribution in [0.25, 0.3) is 0 Å². The number of nitrogens with zero attached hydrogens (tertiary/aromatic N) is 1. The van der Waals surface area contributed by atoms with Crippen LogP contribution < -0.4 is 4.90 Å². The van der Waals surface area contributed by atoms with Crippen LogP contribution in [0.4, 0.5) is 5.69 Å². The quantitative estimate of drug-likeness (QED) is 0.207. The van der Waals surface area contributed by atoms with Gasteiger partial charge in [-0.05, 0) is 77.2 Å². The molecule has 2 fully saturated rings. The summed E-state index contributed by atoms with van der Waals surface area (Å²) in [5, 5.41) is 10.1. The maximum atomic E-state index is 12.3. The van der Waals surface area contributed by atoms with E-state index in [1.807, 2.05) is 6.07 Å². The number of anilines is 1. The number of thiophene rings is 1. The van der Waals surface area contributed by atoms with Crippen molar-refractivity contribution in [3.63, 3.8) is 0 Å². The maximum Gasteiger partial charge on any atom is 0.348 e. The van der Waals surface area contributed by atoms with E-state index in [9.17, 15) is 14.5 Å². The van der Waals surface area contributed by atoms with Gasteiger partial charge in [-0.15, -0.1) is 11.3 Å². The summed E-state index contributed by atoms with van der Waals surface area (Å²) in [4.78, 5) is 16.0. The van der Waals surface area contributed by atoms with E-state index in [4.69, 9.17) is 4.52 Å². The van der Waals surface area contributed by atoms with Crippen molar-refractivity contribution in [1.82, 2.24) is 0 Å². The van der Waals surface area contributed by atoms with Gasteiger partial charge < -0.3 is 14.5 Å². The lowest BCUT2D eigenvalue weighted by molar-refractivity contribution is 0.0702. The molecule has 0 spiro atoms. The third-order valence-electron chi connectivity index (χ3n) is 7.50. The van der Waals surface area contributed by atoms with Gasteiger partial charge in [0.15, 0.2) is 7.37 Å². The topological polar surface area (TPSA) is 66.8 Å². The first-order valence-electron chi connectivity index (χ1n) is 13.7. The van der Waals surface area contributed by atoms with Gasteiger partial charge >= 0.3 is 5.97 Å². The van der Waals surface area contributed by atoms with Crippen LogP contribution in [-0.4, -0.2) is 43.1 Å². The lowest BCUT2D eigenvalue weighted by Gasteiger charge is -2.40. The molecule has 2 saturated carbocycles. The van der Waals surface area contributed by atoms with Crippen molar-refractivity contribution in [2.45, 2.75) is 104 Å². The number of aromatic carboxylic acids is 1. The van der Waals surface area contributed by atoms with Crippen molar-refractivity contribution in [1.29, 1.82) is 0 Å². The average Bonchev–Trinajstić information content (AvgIpc) is 3.08. The van der Waals surface area contributed by atoms with Crippen molar-refractivity contribution < 1.29 is 19.0 Å². The molecule has 0 aliphatic heterocycles. The highest BCUT2D eigenvalue weighted by Gasteiger charge is 2.33. The fraction of sp³-hybridized carbons (Fsp3) is 0.759. The van der Waals surface area contributed by atoms with E-state index >= 15 is 0 Å². The monoisotopic (exact) mass is 535 g/mol. The van der Waals surface area contributed by atoms with Gasteiger partial charge in [0.2, 0.25) is 0 Å². The zero-order valence-electron chi connectivity index (χ0n) is 23.1. The zero-order valence-corrected chi connectivity index (χ0v) is 24.9. The van der Waals surface area contributed by atoms with E-state index in [2.05, 4.69) is 44.4 Å². The first kappa shape index (κ1) is 29.3. The van der Waals surface area contributed by atoms with Crippen LogP contribution in [0.15, 0.2) is 6.07 Å². The average molecular weight is 536 g/mol. The minimum absolute atomic E-state index is 0.0294. The highest BCUT2D eigenvalue weighted by molar-refractivity contribution is 7.57. The molecule has 0 saturated heterocycles. The molecule has 2 aliphatic carbocycles. The smallest absolute Gasteiger partial charge is 0.348 e. The summed E-state index contributed by atoms with van der Waals surface area (Å²) >= 11 is 1.30. The van der Waals surface area contributed by atoms with E-state index in [0.717, 1.165) is 48.7 Å². The second-order valence-corrected chi connectivity index (χ2v) is 16.0. The Balaban J connectivity index is 1.88. The molecule has 0 aromatic carbocycles. The molecular formula is C29H46NO4PS. The SMILES string of the molecule is CCC1CCCC(CN(c2cc(C#CC(C)(C)C)sc2C(=O)O)C2CCC(OP(C)(C)=O)CC2)CC1. The summed E-state index contributed by atoms with van der Waals surface area (Å²) in [5.41, 5.74) is 0.697. The second kappa shape index (κ2) is 12.5. The van der Waals surface area contributed by atoms with Crippen molar-refractivity contribution in [3.05, 3.63) is 15.8 Å². The Hall–Kier alpha value is -1.28. The van der Waals surface area contributed by atoms with Crippen LogP contribution in [0, 0.1) is 29.1 Å². The lowest BCUT2D eigenvalue weighted by atomic mass is 9.89. The van der Waals surface area contributed by atoms with Gasteiger partial charge in [-0.1, -0.05) is 44.4 Å². The second-order valence-electron chi connectivity index (χ2n) is 12.2. The summed E-state index contributed by atoms with van der Waals surface area (Å²) in [6.45, 7) is 12.8. The minimum Gasteiger partial charge on any atom is -0.477 e. The van der Waals surface area contributed by atoms with Gasteiger partial charge in [0.25, 0.3) is 0 Å². The zero-order chi connectivity index (χ0) is 26.5. The molecule has 1 aromatic rings. The molecule has 202 valence electrons. The van der Waals surface area contributed by atoms with Crippen LogP contribution in [-0.2, 0) is 9.09 Å². The number of carbonyl (C=O) groups is 1. The Bertz CT molecular complexity index is 987. The molecule has 5 nitrogen and oxygen atoms in total. The normalized spacial score (nSPS) is 25.5. The number of carboxylic acid groups (broad SMARTS) is 1. The van der Waals surface area contributed by atoms with Crippen LogP contribution in [0.2, 0.25) is 0 Å². The fourth-order valence-electron chi connectivity index (χ4n) is 5.65. The minimum atomic E-state index is -2.52. The predicted molar refractivity (Wildman–Crippen MR) is 152 cm³/mol. The standard InChI is InChI=1S/C29H46NO4PS/c1-7-21-9-8-10-22(12-11-21)20-30(23-13-15-24(16-14-23)34-35(5,6)33)26-19-25(17-18-29(2,3)4)36-27(26)28(31)32/h19,21-24H,7-16,20H2,1-6H3,(H,31,32). The molecule has 0 radical (unpaired) electrons. The van der Waals surface area contributed by atoms with Crippen LogP contribution in [0.3, 0.4) is 0 Å². The summed E-state index contributed by atoms with van der Waals surface area (Å²) in [6, 6.07) is 2.28. The first-order chi connectivity index (χ1) is 16.8. The van der Waals surface area contributed by atoms with Gasteiger partial charge in [0, 0.05) is 31.3 Å². The van der Waals surface area contributed by atoms with E-state index in [1.54, 1.807) is 13.3 Å². The van der Waals surface area contributed by atoms with E-state index in [0.29, 0.717) is 10.8 Å². The first-order valence-corrected chi connectivity index (χ1v) is 17.1. The molecule has 0 bridgehead atoms. The molecule has 1 aromatic heterocycles. The van der Waals surface area contributed by atoms with E-state index in [1.165, 1.54) is 49.9 Å². The highest BCUT2D eigenvalue weighted by Crippen LogP contribution is 2.44. The predicted octanol–water partition coefficient (Wildman–Crippen LogP) is 8.12. The molecule has 2 unspecified atom stereocenters. The molecule has 0 amide bonds. The third-order valence-corrected chi connectivity index (χ3v) is 9.34. The molecule has 36 heavy (non-hydrogen) atoms.